The van der Waals surface area contributed by atoms with Crippen molar-refractivity contribution in [1.29, 1.82) is 0 Å². The molecule has 2 aromatic heterocycles. The minimum atomic E-state index is -3.11. The lowest BCUT2D eigenvalue weighted by molar-refractivity contribution is -0.140. The molecule has 0 unspecified atom stereocenters. The van der Waals surface area contributed by atoms with Crippen molar-refractivity contribution in [2.24, 2.45) is 0 Å². The normalized spacial score (nSPS) is 19.2. The average Bonchev–Trinajstić information content (AvgIpc) is 3.11. The van der Waals surface area contributed by atoms with Gasteiger partial charge in [-0.2, -0.15) is 5.10 Å². The van der Waals surface area contributed by atoms with Gasteiger partial charge in [-0.25, -0.2) is 8.42 Å². The molecular weight excluding hydrogens is 398 g/mol. The Kier molecular flexibility index (Phi) is 5.57. The van der Waals surface area contributed by atoms with Crippen molar-refractivity contribution in [3.8, 4) is 5.75 Å². The molecule has 0 bridgehead atoms. The predicted octanol–water partition coefficient (Wildman–Crippen LogP) is 1.26. The van der Waals surface area contributed by atoms with E-state index in [4.69, 9.17) is 4.74 Å². The summed E-state index contributed by atoms with van der Waals surface area (Å²) < 4.78 is 30.3. The van der Waals surface area contributed by atoms with E-state index in [9.17, 15) is 23.1 Å². The first-order valence-corrected chi connectivity index (χ1v) is 11.1. The molecule has 0 radical (unpaired) electrons. The van der Waals surface area contributed by atoms with Gasteiger partial charge in [0.2, 0.25) is 0 Å². The number of rotatable bonds is 5. The third-order valence-corrected chi connectivity index (χ3v) is 7.17. The van der Waals surface area contributed by atoms with Gasteiger partial charge in [0, 0.05) is 22.9 Å². The van der Waals surface area contributed by atoms with E-state index in [0.29, 0.717) is 29.1 Å². The molecule has 0 aliphatic carbocycles. The SMILES string of the molecule is COC(=O)C[C@H](c1c(C)nn([C@@H]2CCS(=O)(=O)C2)c1C)c1c(O)cc(C)[nH]c1=O. The summed E-state index contributed by atoms with van der Waals surface area (Å²) in [6.07, 6.45) is 0.300. The van der Waals surface area contributed by atoms with Crippen LogP contribution >= 0.6 is 0 Å². The number of nitrogens with one attached hydrogen (secondary N) is 1. The Bertz CT molecular complexity index is 1120. The highest BCUT2D eigenvalue weighted by molar-refractivity contribution is 7.91. The lowest BCUT2D eigenvalue weighted by Crippen LogP contribution is -2.22. The molecule has 1 saturated heterocycles. The molecule has 2 N–H and O–H groups in total. The van der Waals surface area contributed by atoms with Crippen LogP contribution in [0.3, 0.4) is 0 Å². The summed E-state index contributed by atoms with van der Waals surface area (Å²) in [6.45, 7) is 5.17. The van der Waals surface area contributed by atoms with Gasteiger partial charge in [-0.1, -0.05) is 0 Å². The average molecular weight is 423 g/mol. The van der Waals surface area contributed by atoms with Crippen LogP contribution in [0.25, 0.3) is 0 Å². The van der Waals surface area contributed by atoms with Crippen LogP contribution < -0.4 is 5.56 Å². The summed E-state index contributed by atoms with van der Waals surface area (Å²) in [5, 5.41) is 15.0. The van der Waals surface area contributed by atoms with Gasteiger partial charge in [0.25, 0.3) is 5.56 Å². The number of H-pyrrole nitrogens is 1. The highest BCUT2D eigenvalue weighted by Crippen LogP contribution is 2.37. The maximum Gasteiger partial charge on any atom is 0.306 e. The van der Waals surface area contributed by atoms with Crippen LogP contribution in [0.5, 0.6) is 5.75 Å². The molecule has 0 aromatic carbocycles. The molecule has 10 heteroatoms. The molecule has 3 heterocycles. The predicted molar refractivity (Wildman–Crippen MR) is 106 cm³/mol. The fourth-order valence-corrected chi connectivity index (χ4v) is 5.81. The number of nitrogens with zero attached hydrogens (tertiary/aromatic N) is 2. The number of hydrogen-bond acceptors (Lipinski definition) is 7. The van der Waals surface area contributed by atoms with Gasteiger partial charge in [-0.15, -0.1) is 0 Å². The van der Waals surface area contributed by atoms with Crippen LogP contribution in [0.1, 0.15) is 53.0 Å². The van der Waals surface area contributed by atoms with E-state index >= 15 is 0 Å². The number of methoxy groups -OCH3 is 1. The summed E-state index contributed by atoms with van der Waals surface area (Å²) in [5.74, 6) is -1.42. The fraction of sp³-hybridized carbons (Fsp3) is 0.526. The number of aromatic hydroxyl groups is 1. The summed E-state index contributed by atoms with van der Waals surface area (Å²) in [6, 6.07) is 1.13. The van der Waals surface area contributed by atoms with Crippen LogP contribution in [0.4, 0.5) is 0 Å². The zero-order valence-electron chi connectivity index (χ0n) is 16.9. The van der Waals surface area contributed by atoms with Crippen molar-refractivity contribution in [3.05, 3.63) is 44.6 Å². The second-order valence-electron chi connectivity index (χ2n) is 7.50. The number of pyridine rings is 1. The molecule has 158 valence electrons. The van der Waals surface area contributed by atoms with E-state index in [1.807, 2.05) is 0 Å². The van der Waals surface area contributed by atoms with E-state index in [1.165, 1.54) is 13.2 Å². The van der Waals surface area contributed by atoms with E-state index in [2.05, 4.69) is 10.1 Å². The van der Waals surface area contributed by atoms with Gasteiger partial charge < -0.3 is 14.8 Å². The molecule has 1 fully saturated rings. The van der Waals surface area contributed by atoms with Crippen LogP contribution in [-0.2, 0) is 19.4 Å². The van der Waals surface area contributed by atoms with Gasteiger partial charge in [-0.05, 0) is 33.3 Å². The summed E-state index contributed by atoms with van der Waals surface area (Å²) >= 11 is 0. The van der Waals surface area contributed by atoms with Crippen molar-refractivity contribution < 1.29 is 23.1 Å². The maximum absolute atomic E-state index is 12.6. The number of sulfone groups is 1. The first kappa shape index (κ1) is 21.1. The van der Waals surface area contributed by atoms with Gasteiger partial charge in [-0.3, -0.25) is 14.3 Å². The van der Waals surface area contributed by atoms with E-state index in [0.717, 1.165) is 0 Å². The monoisotopic (exact) mass is 423 g/mol. The molecular formula is C19H25N3O6S. The van der Waals surface area contributed by atoms with Crippen molar-refractivity contribution >= 4 is 15.8 Å². The standard InChI is InChI=1S/C19H25N3O6S/c1-10-7-15(23)18(19(25)20-10)14(8-16(24)28-4)17-11(2)21-22(12(17)3)13-5-6-29(26,27)9-13/h7,13-14H,5-6,8-9H2,1-4H3,(H2,20,23,25)/t13-,14-/m1/s1. The Morgan fingerprint density at radius 2 is 2.07 bits per heavy atom. The summed E-state index contributed by atoms with van der Waals surface area (Å²) in [7, 11) is -1.85. The lowest BCUT2D eigenvalue weighted by atomic mass is 9.87. The van der Waals surface area contributed by atoms with Crippen LogP contribution in [0.2, 0.25) is 0 Å². The highest BCUT2D eigenvalue weighted by Gasteiger charge is 2.34. The van der Waals surface area contributed by atoms with E-state index in [1.54, 1.807) is 25.5 Å². The topological polar surface area (TPSA) is 131 Å². The number of carbonyl (C=O) groups is 1. The molecule has 0 amide bonds. The third kappa shape index (κ3) is 4.07. The van der Waals surface area contributed by atoms with Gasteiger partial charge in [0.15, 0.2) is 9.84 Å². The minimum Gasteiger partial charge on any atom is -0.507 e. The Morgan fingerprint density at radius 1 is 1.38 bits per heavy atom. The number of carbonyl (C=O) groups excluding carboxylic acids is 1. The molecule has 2 atom stereocenters. The van der Waals surface area contributed by atoms with Crippen molar-refractivity contribution in [1.82, 2.24) is 14.8 Å². The highest BCUT2D eigenvalue weighted by atomic mass is 32.2. The zero-order chi connectivity index (χ0) is 21.5. The van der Waals surface area contributed by atoms with Crippen LogP contribution in [0.15, 0.2) is 10.9 Å². The van der Waals surface area contributed by atoms with Gasteiger partial charge in [0.05, 0.1) is 42.3 Å². The minimum absolute atomic E-state index is 0.00638. The van der Waals surface area contributed by atoms with Gasteiger partial charge in [0.1, 0.15) is 5.75 Å². The number of esters is 1. The number of hydrogen-bond donors (Lipinski definition) is 2. The maximum atomic E-state index is 12.6. The second kappa shape index (κ2) is 7.66. The quantitative estimate of drug-likeness (QED) is 0.692. The Labute approximate surface area is 168 Å². The molecule has 1 aliphatic heterocycles. The van der Waals surface area contributed by atoms with Crippen molar-refractivity contribution in [3.63, 3.8) is 0 Å². The van der Waals surface area contributed by atoms with Crippen molar-refractivity contribution in [2.75, 3.05) is 18.6 Å². The largest absolute Gasteiger partial charge is 0.507 e. The first-order valence-electron chi connectivity index (χ1n) is 9.29. The van der Waals surface area contributed by atoms with Crippen LogP contribution in [0, 0.1) is 20.8 Å². The Morgan fingerprint density at radius 3 is 2.62 bits per heavy atom. The summed E-state index contributed by atoms with van der Waals surface area (Å²) in [4.78, 5) is 27.4. The number of aromatic amines is 1. The number of ether oxygens (including phenoxy) is 1. The molecule has 1 aliphatic rings. The summed E-state index contributed by atoms with van der Waals surface area (Å²) in [5.41, 5.74) is 1.91. The first-order chi connectivity index (χ1) is 13.5. The zero-order valence-corrected chi connectivity index (χ0v) is 17.7. The van der Waals surface area contributed by atoms with Crippen molar-refractivity contribution in [2.45, 2.75) is 45.6 Å². The molecule has 0 saturated carbocycles. The Balaban J connectivity index is 2.15. The van der Waals surface area contributed by atoms with E-state index in [-0.39, 0.29) is 35.3 Å². The lowest BCUT2D eigenvalue weighted by Gasteiger charge is -2.19. The molecule has 0 spiro atoms. The Hall–Kier alpha value is -2.62. The third-order valence-electron chi connectivity index (χ3n) is 5.42. The molecule has 3 rings (SSSR count). The van der Waals surface area contributed by atoms with Crippen LogP contribution in [-0.4, -0.2) is 52.9 Å². The number of aromatic nitrogens is 3. The second-order valence-corrected chi connectivity index (χ2v) is 9.73. The fourth-order valence-electron chi connectivity index (χ4n) is 4.12. The van der Waals surface area contributed by atoms with Gasteiger partial charge >= 0.3 is 5.97 Å². The van der Waals surface area contributed by atoms with E-state index < -0.39 is 27.3 Å². The molecule has 29 heavy (non-hydrogen) atoms. The molecule has 2 aromatic rings. The smallest absolute Gasteiger partial charge is 0.306 e. The number of aryl methyl sites for hydroxylation is 2. The molecule has 9 nitrogen and oxygen atoms in total.